The van der Waals surface area contributed by atoms with Crippen LogP contribution in [0, 0.1) is 11.7 Å². The van der Waals surface area contributed by atoms with Gasteiger partial charge in [-0.3, -0.25) is 4.79 Å². The highest BCUT2D eigenvalue weighted by molar-refractivity contribution is 7.89. The lowest BCUT2D eigenvalue weighted by Gasteiger charge is -2.15. The SMILES string of the molecule is C[C@@H](CO)COc1c(-c2ccc(S(N)(=O)=O)cc2)cnn(-c2ccc(F)cc2)c1=O. The first kappa shape index (κ1) is 21.6. The highest BCUT2D eigenvalue weighted by atomic mass is 32.2. The summed E-state index contributed by atoms with van der Waals surface area (Å²) in [7, 11) is -3.86. The molecule has 0 saturated heterocycles. The normalized spacial score (nSPS) is 12.5. The van der Waals surface area contributed by atoms with E-state index in [0.29, 0.717) is 16.8 Å². The van der Waals surface area contributed by atoms with Gasteiger partial charge in [-0.25, -0.2) is 17.9 Å². The third kappa shape index (κ3) is 4.73. The second kappa shape index (κ2) is 8.74. The standard InChI is InChI=1S/C20H20FN3O5S/c1-13(11-25)12-29-19-18(14-2-8-17(9-3-14)30(22,27)28)10-23-24(20(19)26)16-6-4-15(21)5-7-16/h2-10,13,25H,11-12H2,1H3,(H2,22,27,28)/t13-/m0/s1. The van der Waals surface area contributed by atoms with Gasteiger partial charge in [-0.05, 0) is 42.0 Å². The molecular formula is C20H20FN3O5S. The van der Waals surface area contributed by atoms with Crippen molar-refractivity contribution in [3.8, 4) is 22.6 Å². The van der Waals surface area contributed by atoms with Crippen LogP contribution in [0.5, 0.6) is 5.75 Å². The molecule has 0 aliphatic rings. The van der Waals surface area contributed by atoms with Gasteiger partial charge in [0.2, 0.25) is 10.0 Å². The molecule has 3 rings (SSSR count). The van der Waals surface area contributed by atoms with Gasteiger partial charge in [0.1, 0.15) is 5.82 Å². The van der Waals surface area contributed by atoms with E-state index in [-0.39, 0.29) is 29.8 Å². The number of nitrogens with two attached hydrogens (primary N) is 1. The zero-order valence-electron chi connectivity index (χ0n) is 16.0. The second-order valence-corrected chi connectivity index (χ2v) is 8.31. The monoisotopic (exact) mass is 433 g/mol. The number of aromatic nitrogens is 2. The van der Waals surface area contributed by atoms with Crippen LogP contribution in [0.1, 0.15) is 6.92 Å². The number of rotatable bonds is 7. The van der Waals surface area contributed by atoms with Crippen LogP contribution >= 0.6 is 0 Å². The highest BCUT2D eigenvalue weighted by Gasteiger charge is 2.18. The van der Waals surface area contributed by atoms with Crippen molar-refractivity contribution < 1.29 is 22.7 Å². The Bertz CT molecular complexity index is 1190. The van der Waals surface area contributed by atoms with E-state index in [2.05, 4.69) is 5.10 Å². The molecule has 0 bridgehead atoms. The summed E-state index contributed by atoms with van der Waals surface area (Å²) in [5.41, 5.74) is 0.590. The van der Waals surface area contributed by atoms with Gasteiger partial charge in [0.15, 0.2) is 5.75 Å². The van der Waals surface area contributed by atoms with E-state index in [1.807, 2.05) is 0 Å². The third-order valence-corrected chi connectivity index (χ3v) is 5.25. The van der Waals surface area contributed by atoms with Crippen LogP contribution in [-0.4, -0.2) is 36.5 Å². The summed E-state index contributed by atoms with van der Waals surface area (Å²) in [5, 5.41) is 18.5. The van der Waals surface area contributed by atoms with Gasteiger partial charge < -0.3 is 9.84 Å². The van der Waals surface area contributed by atoms with E-state index in [1.165, 1.54) is 54.7 Å². The molecule has 1 heterocycles. The van der Waals surface area contributed by atoms with E-state index in [4.69, 9.17) is 9.88 Å². The third-order valence-electron chi connectivity index (χ3n) is 4.32. The topological polar surface area (TPSA) is 125 Å². The minimum atomic E-state index is -3.86. The van der Waals surface area contributed by atoms with Crippen molar-refractivity contribution in [2.75, 3.05) is 13.2 Å². The summed E-state index contributed by atoms with van der Waals surface area (Å²) in [4.78, 5) is 13.0. The zero-order chi connectivity index (χ0) is 21.9. The average Bonchev–Trinajstić information content (AvgIpc) is 2.72. The molecule has 3 N–H and O–H groups in total. The number of ether oxygens (including phenoxy) is 1. The molecule has 1 atom stereocenters. The van der Waals surface area contributed by atoms with Crippen LogP contribution in [-0.2, 0) is 10.0 Å². The van der Waals surface area contributed by atoms with Gasteiger partial charge in [-0.15, -0.1) is 0 Å². The second-order valence-electron chi connectivity index (χ2n) is 6.75. The number of hydrogen-bond acceptors (Lipinski definition) is 6. The molecule has 0 unspecified atom stereocenters. The maximum absolute atomic E-state index is 13.2. The molecule has 0 fully saturated rings. The van der Waals surface area contributed by atoms with Gasteiger partial charge in [0.25, 0.3) is 0 Å². The van der Waals surface area contributed by atoms with Crippen molar-refractivity contribution in [3.05, 3.63) is 70.9 Å². The molecule has 0 aliphatic carbocycles. The number of primary sulfonamides is 1. The smallest absolute Gasteiger partial charge is 0.314 e. The van der Waals surface area contributed by atoms with Crippen molar-refractivity contribution in [1.29, 1.82) is 0 Å². The molecule has 0 spiro atoms. The molecule has 3 aromatic rings. The predicted octanol–water partition coefficient (Wildman–Crippen LogP) is 1.69. The minimum Gasteiger partial charge on any atom is -0.487 e. The molecule has 1 aromatic heterocycles. The molecule has 8 nitrogen and oxygen atoms in total. The maximum Gasteiger partial charge on any atom is 0.314 e. The van der Waals surface area contributed by atoms with E-state index in [9.17, 15) is 22.7 Å². The molecule has 10 heteroatoms. The number of aliphatic hydroxyl groups is 1. The van der Waals surface area contributed by atoms with Crippen molar-refractivity contribution >= 4 is 10.0 Å². The van der Waals surface area contributed by atoms with Crippen LogP contribution in [0.3, 0.4) is 0 Å². The van der Waals surface area contributed by atoms with Crippen LogP contribution in [0.2, 0.25) is 0 Å². The Balaban J connectivity index is 2.11. The molecule has 0 radical (unpaired) electrons. The van der Waals surface area contributed by atoms with Crippen LogP contribution in [0.15, 0.2) is 64.4 Å². The van der Waals surface area contributed by atoms with E-state index in [1.54, 1.807) is 6.92 Å². The van der Waals surface area contributed by atoms with Crippen LogP contribution < -0.4 is 15.4 Å². The van der Waals surface area contributed by atoms with Gasteiger partial charge in [-0.1, -0.05) is 19.1 Å². The lowest BCUT2D eigenvalue weighted by atomic mass is 10.1. The summed E-state index contributed by atoms with van der Waals surface area (Å²) < 4.78 is 43.0. The summed E-state index contributed by atoms with van der Waals surface area (Å²) in [5.74, 6) is -0.709. The highest BCUT2D eigenvalue weighted by Crippen LogP contribution is 2.28. The average molecular weight is 433 g/mol. The molecule has 0 saturated carbocycles. The number of nitrogens with zero attached hydrogens (tertiary/aromatic N) is 2. The Labute approximate surface area is 172 Å². The fraction of sp³-hybridized carbons (Fsp3) is 0.200. The van der Waals surface area contributed by atoms with E-state index in [0.717, 1.165) is 4.68 Å². The molecule has 0 amide bonds. The van der Waals surface area contributed by atoms with Gasteiger partial charge in [0, 0.05) is 18.1 Å². The minimum absolute atomic E-state index is 0.0296. The number of benzene rings is 2. The first-order valence-electron chi connectivity index (χ1n) is 8.96. The fourth-order valence-electron chi connectivity index (χ4n) is 2.65. The lowest BCUT2D eigenvalue weighted by molar-refractivity contribution is 0.173. The molecular weight excluding hydrogens is 413 g/mol. The van der Waals surface area contributed by atoms with Crippen LogP contribution in [0.25, 0.3) is 16.8 Å². The molecule has 2 aromatic carbocycles. The first-order valence-corrected chi connectivity index (χ1v) is 10.5. The number of aliphatic hydroxyl groups excluding tert-OH is 1. The van der Waals surface area contributed by atoms with E-state index < -0.39 is 21.4 Å². The summed E-state index contributed by atoms with van der Waals surface area (Å²) in [6.07, 6.45) is 1.40. The van der Waals surface area contributed by atoms with Gasteiger partial charge in [-0.2, -0.15) is 9.78 Å². The summed E-state index contributed by atoms with van der Waals surface area (Å²) >= 11 is 0. The summed E-state index contributed by atoms with van der Waals surface area (Å²) in [6, 6.07) is 10.8. The summed E-state index contributed by atoms with van der Waals surface area (Å²) in [6.45, 7) is 1.69. The first-order chi connectivity index (χ1) is 14.2. The molecule has 30 heavy (non-hydrogen) atoms. The number of sulfonamides is 1. The van der Waals surface area contributed by atoms with Crippen molar-refractivity contribution in [2.45, 2.75) is 11.8 Å². The fourth-order valence-corrected chi connectivity index (χ4v) is 3.17. The maximum atomic E-state index is 13.2. The lowest BCUT2D eigenvalue weighted by Crippen LogP contribution is -2.25. The Kier molecular flexibility index (Phi) is 6.30. The van der Waals surface area contributed by atoms with Crippen LogP contribution in [0.4, 0.5) is 4.39 Å². The van der Waals surface area contributed by atoms with Crippen molar-refractivity contribution in [2.24, 2.45) is 11.1 Å². The molecule has 0 aliphatic heterocycles. The molecule has 158 valence electrons. The van der Waals surface area contributed by atoms with E-state index >= 15 is 0 Å². The Hall–Kier alpha value is -3.08. The zero-order valence-corrected chi connectivity index (χ0v) is 16.8. The Morgan fingerprint density at radius 1 is 1.17 bits per heavy atom. The van der Waals surface area contributed by atoms with Crippen molar-refractivity contribution in [1.82, 2.24) is 9.78 Å². The van der Waals surface area contributed by atoms with Gasteiger partial charge in [0.05, 0.1) is 23.4 Å². The quantitative estimate of drug-likeness (QED) is 0.584. The van der Waals surface area contributed by atoms with Gasteiger partial charge >= 0.3 is 5.56 Å². The Morgan fingerprint density at radius 3 is 2.37 bits per heavy atom. The number of halogens is 1. The predicted molar refractivity (Wildman–Crippen MR) is 108 cm³/mol. The van der Waals surface area contributed by atoms with Crippen molar-refractivity contribution in [3.63, 3.8) is 0 Å². The Morgan fingerprint density at radius 2 is 1.80 bits per heavy atom. The number of hydrogen-bond donors (Lipinski definition) is 2. The largest absolute Gasteiger partial charge is 0.487 e.